The van der Waals surface area contributed by atoms with Crippen molar-refractivity contribution < 1.29 is 97.8 Å². The van der Waals surface area contributed by atoms with E-state index in [1.807, 2.05) is 32.7 Å². The second-order valence-corrected chi connectivity index (χ2v) is 19.3. The molecule has 32 nitrogen and oxygen atoms in total. The van der Waals surface area contributed by atoms with Crippen LogP contribution in [-0.4, -0.2) is 199 Å². The number of hydrogen-bond donors (Lipinski definition) is 15. The zero-order valence-corrected chi connectivity index (χ0v) is 44.1. The summed E-state index contributed by atoms with van der Waals surface area (Å²) in [4.78, 5) is 178. The molecule has 3 rings (SSSR count). The van der Waals surface area contributed by atoms with E-state index in [4.69, 9.17) is 11.5 Å². The van der Waals surface area contributed by atoms with E-state index in [1.165, 1.54) is 5.56 Å². The van der Waals surface area contributed by atoms with Crippen LogP contribution in [0.1, 0.15) is 102 Å². The van der Waals surface area contributed by atoms with Gasteiger partial charge >= 0.3 is 162 Å². The number of carbonyl (C=O) groups excluding carboxylic acids is 8. The van der Waals surface area contributed by atoms with Gasteiger partial charge in [0.15, 0.2) is 0 Å². The SMILES string of the molecule is NCCCC[C@H](NC(=O)[C@H](CC(=O)O)NC(=O)[C@H](CC(=O)O)NC(=O)[C@H](CC(=O)O)NC(=O)[C@H](CC(=O)O)NC(=O)[C@H](CC(=O)O)NC(=O)[C@@H](CC(=O)O)NC(=O)CCCCCCCN1CCc2ccc3n[se]nc3c21)C(N)=O. The van der Waals surface area contributed by atoms with E-state index in [2.05, 4.69) is 29.6 Å². The Morgan fingerprint density at radius 1 is 0.494 bits per heavy atom. The Morgan fingerprint density at radius 2 is 0.873 bits per heavy atom. The van der Waals surface area contributed by atoms with E-state index >= 15 is 0 Å². The quantitative estimate of drug-likeness (QED) is 0.0222. The summed E-state index contributed by atoms with van der Waals surface area (Å²) in [5, 5.41) is 71.1. The smallest absolute Gasteiger partial charge is 0.240 e. The number of carboxylic acid groups (broad SMARTS) is 6. The summed E-state index contributed by atoms with van der Waals surface area (Å²) in [5.74, 6) is -21.4. The van der Waals surface area contributed by atoms with Gasteiger partial charge < -0.3 is 79.3 Å². The number of nitrogens with zero attached hydrogens (tertiary/aromatic N) is 3. The number of primary amides is 1. The maximum atomic E-state index is 13.6. The summed E-state index contributed by atoms with van der Waals surface area (Å²) in [5.41, 5.74) is 15.0. The van der Waals surface area contributed by atoms with E-state index < -0.39 is 164 Å². The molecule has 1 aliphatic rings. The Balaban J connectivity index is 1.68. The Labute approximate surface area is 455 Å². The number of aromatic nitrogens is 2. The number of anilines is 1. The van der Waals surface area contributed by atoms with Gasteiger partial charge in [0.2, 0.25) is 41.4 Å². The van der Waals surface area contributed by atoms with Gasteiger partial charge in [0.25, 0.3) is 0 Å². The van der Waals surface area contributed by atoms with Crippen LogP contribution < -0.4 is 53.6 Å². The molecule has 434 valence electrons. The van der Waals surface area contributed by atoms with Gasteiger partial charge in [0, 0.05) is 0 Å². The first kappa shape index (κ1) is 65.0. The minimum absolute atomic E-state index is 0.0534. The van der Waals surface area contributed by atoms with Crippen LogP contribution >= 0.6 is 0 Å². The number of carboxylic acids is 6. The molecule has 33 heteroatoms. The van der Waals surface area contributed by atoms with Crippen LogP contribution in [0.2, 0.25) is 0 Å². The van der Waals surface area contributed by atoms with Gasteiger partial charge in [-0.2, -0.15) is 0 Å². The van der Waals surface area contributed by atoms with Crippen molar-refractivity contribution in [1.82, 2.24) is 45.2 Å². The first-order valence-corrected chi connectivity index (χ1v) is 26.2. The van der Waals surface area contributed by atoms with E-state index in [0.29, 0.717) is 19.3 Å². The van der Waals surface area contributed by atoms with Crippen molar-refractivity contribution >= 4 is 115 Å². The van der Waals surface area contributed by atoms with Crippen LogP contribution in [0.4, 0.5) is 5.69 Å². The average molecular weight is 1180 g/mol. The number of fused-ring (bicyclic) bond motifs is 3. The molecule has 2 aromatic rings. The van der Waals surface area contributed by atoms with Crippen molar-refractivity contribution in [3.8, 4) is 0 Å². The van der Waals surface area contributed by atoms with Gasteiger partial charge in [0.1, 0.15) is 42.3 Å². The van der Waals surface area contributed by atoms with E-state index in [-0.39, 0.29) is 40.8 Å². The Morgan fingerprint density at radius 3 is 1.27 bits per heavy atom. The largest absolute Gasteiger partial charge is 0.368 e. The number of hydrogen-bond acceptors (Lipinski definition) is 18. The molecule has 0 spiro atoms. The van der Waals surface area contributed by atoms with Crippen LogP contribution in [0.3, 0.4) is 0 Å². The molecule has 0 fully saturated rings. The van der Waals surface area contributed by atoms with Gasteiger partial charge in [-0.15, -0.1) is 0 Å². The van der Waals surface area contributed by atoms with Crippen molar-refractivity contribution in [2.75, 3.05) is 24.5 Å². The van der Waals surface area contributed by atoms with Crippen LogP contribution in [0, 0.1) is 0 Å². The number of aliphatic carboxylic acids is 6. The maximum Gasteiger partial charge on any atom is 0.240 e. The summed E-state index contributed by atoms with van der Waals surface area (Å²) < 4.78 is 9.04. The van der Waals surface area contributed by atoms with Crippen molar-refractivity contribution in [2.45, 2.75) is 145 Å². The summed E-state index contributed by atoms with van der Waals surface area (Å²) >= 11 is -0.160. The molecule has 79 heavy (non-hydrogen) atoms. The molecular formula is C46H64N12O20Se. The minimum atomic E-state index is -2.34. The van der Waals surface area contributed by atoms with E-state index in [9.17, 15) is 97.8 Å². The molecular weight excluding hydrogens is 1120 g/mol. The van der Waals surface area contributed by atoms with Gasteiger partial charge in [-0.05, 0) is 25.8 Å². The molecule has 0 radical (unpaired) electrons. The number of nitrogens with two attached hydrogens (primary N) is 2. The molecule has 7 atom stereocenters. The fourth-order valence-electron chi connectivity index (χ4n) is 8.13. The molecule has 0 saturated heterocycles. The van der Waals surface area contributed by atoms with Gasteiger partial charge in [-0.1, -0.05) is 0 Å². The molecule has 0 bridgehead atoms. The molecule has 17 N–H and O–H groups in total. The number of benzene rings is 1. The molecule has 0 unspecified atom stereocenters. The Hall–Kier alpha value is -8.32. The monoisotopic (exact) mass is 1180 g/mol. The topological polar surface area (TPSA) is 526 Å². The van der Waals surface area contributed by atoms with Gasteiger partial charge in [-0.25, -0.2) is 0 Å². The standard InChI is InChI=1S/C46H64N12O20Se/c47-13-6-5-8-24(40(48)72)50-42(74)26(17-33(62)63)52-44(76)28(19-35(66)67)54-46(78)30(21-37(70)71)55-45(77)29(20-36(68)69)53-43(75)27(18-34(64)65)51-41(73)25(16-32(60)61)49-31(59)9-4-2-1-3-7-14-58-15-12-22-10-11-23-38(39(22)58)57-79-56-23/h10-11,24-30H,1-9,12-21,47H2,(H2,48,72)(H,49,59)(H,50,74)(H,51,73)(H,52,76)(H,53,75)(H,54,78)(H,55,77)(H,60,61)(H,62,63)(H,64,65)(H,66,67)(H,68,69)(H,70,71)/t24-,25+,26-,27-,28-,29-,30-/m0/s1. The molecule has 0 aliphatic carbocycles. The summed E-state index contributed by atoms with van der Waals surface area (Å²) in [7, 11) is 0. The van der Waals surface area contributed by atoms with E-state index in [0.717, 1.165) is 55.5 Å². The van der Waals surface area contributed by atoms with E-state index in [1.54, 1.807) is 0 Å². The third kappa shape index (κ3) is 22.7. The molecule has 2 heterocycles. The predicted octanol–water partition coefficient (Wildman–Crippen LogP) is -4.75. The Kier molecular flexibility index (Phi) is 26.7. The molecule has 1 aliphatic heterocycles. The number of amides is 8. The van der Waals surface area contributed by atoms with Crippen LogP contribution in [0.15, 0.2) is 12.1 Å². The summed E-state index contributed by atoms with van der Waals surface area (Å²) in [6, 6.07) is -10.4. The third-order valence-electron chi connectivity index (χ3n) is 12.0. The number of rotatable bonds is 38. The fraction of sp³-hybridized carbons (Fsp3) is 0.565. The normalized spacial score (nSPS) is 14.3. The number of carbonyl (C=O) groups is 14. The zero-order chi connectivity index (χ0) is 58.9. The maximum absolute atomic E-state index is 13.6. The van der Waals surface area contributed by atoms with Crippen LogP contribution in [0.25, 0.3) is 11.0 Å². The number of unbranched alkanes of at least 4 members (excludes halogenated alkanes) is 5. The second kappa shape index (κ2) is 32.4. The summed E-state index contributed by atoms with van der Waals surface area (Å²) in [6.45, 7) is 1.87. The predicted molar refractivity (Wildman–Crippen MR) is 269 cm³/mol. The zero-order valence-electron chi connectivity index (χ0n) is 42.4. The van der Waals surface area contributed by atoms with Crippen LogP contribution in [-0.2, 0) is 73.5 Å². The second-order valence-electron chi connectivity index (χ2n) is 18.2. The molecule has 1 aromatic carbocycles. The first-order chi connectivity index (χ1) is 37.3. The van der Waals surface area contributed by atoms with Crippen molar-refractivity contribution in [1.29, 1.82) is 0 Å². The van der Waals surface area contributed by atoms with Crippen molar-refractivity contribution in [3.63, 3.8) is 0 Å². The van der Waals surface area contributed by atoms with Crippen molar-refractivity contribution in [3.05, 3.63) is 17.7 Å². The average Bonchev–Trinajstić information content (AvgIpc) is 4.10. The summed E-state index contributed by atoms with van der Waals surface area (Å²) in [6.07, 6.45) is -2.82. The van der Waals surface area contributed by atoms with Gasteiger partial charge in [-0.3, -0.25) is 67.1 Å². The van der Waals surface area contributed by atoms with Crippen molar-refractivity contribution in [2.24, 2.45) is 11.5 Å². The number of nitrogens with one attached hydrogen (secondary N) is 7. The molecule has 1 aromatic heterocycles. The van der Waals surface area contributed by atoms with Crippen LogP contribution in [0.5, 0.6) is 0 Å². The Bertz CT molecular complexity index is 2600. The van der Waals surface area contributed by atoms with Gasteiger partial charge in [0.05, 0.1) is 38.5 Å². The third-order valence-corrected chi connectivity index (χ3v) is 13.1. The first-order valence-electron chi connectivity index (χ1n) is 24.7. The molecule has 0 saturated carbocycles. The minimum Gasteiger partial charge on any atom is -0.368 e. The molecule has 8 amide bonds. The fourth-order valence-corrected chi connectivity index (χ4v) is 9.25.